The van der Waals surface area contributed by atoms with Crippen molar-refractivity contribution >= 4 is 17.7 Å². The van der Waals surface area contributed by atoms with E-state index in [4.69, 9.17) is 4.52 Å². The van der Waals surface area contributed by atoms with E-state index in [1.165, 1.54) is 0 Å². The van der Waals surface area contributed by atoms with E-state index in [-0.39, 0.29) is 17.9 Å². The predicted octanol–water partition coefficient (Wildman–Crippen LogP) is 1.50. The minimum Gasteiger partial charge on any atom is -0.480 e. The lowest BCUT2D eigenvalue weighted by molar-refractivity contribution is -0.151. The number of likely N-dealkylation sites (tertiary alicyclic amines) is 1. The fraction of sp³-hybridized carbons (Fsp3) is 0.643. The molecule has 2 rings (SSSR count). The third-order valence-electron chi connectivity index (χ3n) is 3.85. The molecule has 1 saturated heterocycles. The molecule has 1 aliphatic rings. The van der Waals surface area contributed by atoms with Gasteiger partial charge in [-0.1, -0.05) is 19.0 Å². The predicted molar refractivity (Wildman–Crippen MR) is 75.9 cm³/mol. The Labute approximate surface area is 123 Å². The Kier molecular flexibility index (Phi) is 4.32. The Balaban J connectivity index is 2.02. The van der Waals surface area contributed by atoms with Gasteiger partial charge in [0.1, 0.15) is 11.8 Å². The molecule has 1 atom stereocenters. The molecule has 0 aliphatic carbocycles. The molecule has 1 unspecified atom stereocenters. The van der Waals surface area contributed by atoms with Crippen molar-refractivity contribution in [3.8, 4) is 0 Å². The van der Waals surface area contributed by atoms with E-state index in [2.05, 4.69) is 10.5 Å². The van der Waals surface area contributed by atoms with Crippen molar-refractivity contribution in [2.45, 2.75) is 39.7 Å². The van der Waals surface area contributed by atoms with Gasteiger partial charge >= 0.3 is 5.97 Å². The Morgan fingerprint density at radius 1 is 1.57 bits per heavy atom. The molecule has 2 N–H and O–H groups in total. The number of carboxylic acid groups (broad SMARTS) is 1. The zero-order chi connectivity index (χ0) is 15.6. The number of piperidine rings is 1. The molecule has 0 spiro atoms. The molecule has 0 radical (unpaired) electrons. The Hall–Kier alpha value is -1.89. The van der Waals surface area contributed by atoms with Gasteiger partial charge in [-0.2, -0.15) is 0 Å². The average molecular weight is 295 g/mol. The monoisotopic (exact) mass is 295 g/mol. The number of aryl methyl sites for hydroxylation is 1. The number of nitrogens with zero attached hydrogens (tertiary/aromatic N) is 2. The van der Waals surface area contributed by atoms with Crippen LogP contribution in [0.15, 0.2) is 10.6 Å². The molecule has 7 heteroatoms. The third-order valence-corrected chi connectivity index (χ3v) is 3.85. The summed E-state index contributed by atoms with van der Waals surface area (Å²) in [7, 11) is 0. The standard InChI is InChI=1S/C14H21N3O4/c1-9-7-10(16-21-9)15-11(18)8-17-6-4-5-14(2,3)12(17)13(19)20/h7,12H,4-6,8H2,1-3H3,(H,19,20)(H,15,16,18). The summed E-state index contributed by atoms with van der Waals surface area (Å²) < 4.78 is 4.88. The molecule has 1 fully saturated rings. The molecule has 116 valence electrons. The van der Waals surface area contributed by atoms with E-state index < -0.39 is 12.0 Å². The number of amides is 1. The number of rotatable bonds is 4. The zero-order valence-corrected chi connectivity index (χ0v) is 12.5. The summed E-state index contributed by atoms with van der Waals surface area (Å²) in [5.74, 6) is -0.217. The van der Waals surface area contributed by atoms with Crippen molar-refractivity contribution in [2.24, 2.45) is 5.41 Å². The molecule has 0 aromatic carbocycles. The van der Waals surface area contributed by atoms with Crippen molar-refractivity contribution in [3.63, 3.8) is 0 Å². The molecule has 7 nitrogen and oxygen atoms in total. The van der Waals surface area contributed by atoms with Gasteiger partial charge in [0.05, 0.1) is 6.54 Å². The maximum absolute atomic E-state index is 12.0. The first kappa shape index (κ1) is 15.5. The maximum atomic E-state index is 12.0. The van der Waals surface area contributed by atoms with Crippen LogP contribution in [0.2, 0.25) is 0 Å². The highest BCUT2D eigenvalue weighted by Crippen LogP contribution is 2.35. The number of aromatic nitrogens is 1. The zero-order valence-electron chi connectivity index (χ0n) is 12.5. The van der Waals surface area contributed by atoms with Gasteiger partial charge in [0.15, 0.2) is 5.82 Å². The lowest BCUT2D eigenvalue weighted by Crippen LogP contribution is -2.56. The summed E-state index contributed by atoms with van der Waals surface area (Å²) >= 11 is 0. The summed E-state index contributed by atoms with van der Waals surface area (Å²) in [6.45, 7) is 6.22. The number of carboxylic acids is 1. The van der Waals surface area contributed by atoms with Crippen LogP contribution >= 0.6 is 0 Å². The second-order valence-electron chi connectivity index (χ2n) is 6.17. The van der Waals surface area contributed by atoms with E-state index in [0.717, 1.165) is 12.8 Å². The highest BCUT2D eigenvalue weighted by atomic mass is 16.5. The van der Waals surface area contributed by atoms with Crippen molar-refractivity contribution in [1.82, 2.24) is 10.1 Å². The summed E-state index contributed by atoms with van der Waals surface area (Å²) in [6.07, 6.45) is 1.72. The second-order valence-corrected chi connectivity index (χ2v) is 6.17. The number of anilines is 1. The highest BCUT2D eigenvalue weighted by Gasteiger charge is 2.42. The van der Waals surface area contributed by atoms with Crippen LogP contribution in [-0.2, 0) is 9.59 Å². The number of carbonyl (C=O) groups is 2. The van der Waals surface area contributed by atoms with Gasteiger partial charge in [0, 0.05) is 6.07 Å². The van der Waals surface area contributed by atoms with Crippen LogP contribution in [0.5, 0.6) is 0 Å². The van der Waals surface area contributed by atoms with Crippen molar-refractivity contribution < 1.29 is 19.2 Å². The van der Waals surface area contributed by atoms with Gasteiger partial charge < -0.3 is 14.9 Å². The maximum Gasteiger partial charge on any atom is 0.321 e. The largest absolute Gasteiger partial charge is 0.480 e. The first-order valence-electron chi connectivity index (χ1n) is 6.99. The minimum absolute atomic E-state index is 0.0340. The first-order valence-corrected chi connectivity index (χ1v) is 6.99. The van der Waals surface area contributed by atoms with E-state index in [1.807, 2.05) is 13.8 Å². The smallest absolute Gasteiger partial charge is 0.321 e. The molecule has 1 amide bonds. The molecule has 0 saturated carbocycles. The lowest BCUT2D eigenvalue weighted by atomic mass is 9.76. The van der Waals surface area contributed by atoms with Crippen molar-refractivity contribution in [3.05, 3.63) is 11.8 Å². The van der Waals surface area contributed by atoms with Gasteiger partial charge in [0.25, 0.3) is 0 Å². The molecule has 1 aromatic rings. The van der Waals surface area contributed by atoms with E-state index >= 15 is 0 Å². The molecule has 0 bridgehead atoms. The molecular weight excluding hydrogens is 274 g/mol. The van der Waals surface area contributed by atoms with Gasteiger partial charge in [-0.25, -0.2) is 0 Å². The second kappa shape index (κ2) is 5.85. The van der Waals surface area contributed by atoms with Gasteiger partial charge in [-0.15, -0.1) is 0 Å². The van der Waals surface area contributed by atoms with Crippen LogP contribution < -0.4 is 5.32 Å². The lowest BCUT2D eigenvalue weighted by Gasteiger charge is -2.43. The Morgan fingerprint density at radius 3 is 2.86 bits per heavy atom. The topological polar surface area (TPSA) is 95.7 Å². The summed E-state index contributed by atoms with van der Waals surface area (Å²) in [4.78, 5) is 25.3. The van der Waals surface area contributed by atoms with Crippen LogP contribution in [0, 0.1) is 12.3 Å². The Bertz CT molecular complexity index is 538. The van der Waals surface area contributed by atoms with Crippen molar-refractivity contribution in [1.29, 1.82) is 0 Å². The van der Waals surface area contributed by atoms with Gasteiger partial charge in [-0.05, 0) is 31.7 Å². The van der Waals surface area contributed by atoms with Crippen LogP contribution in [0.4, 0.5) is 5.82 Å². The van der Waals surface area contributed by atoms with Gasteiger partial charge in [-0.3, -0.25) is 14.5 Å². The first-order chi connectivity index (χ1) is 9.79. The summed E-state index contributed by atoms with van der Waals surface area (Å²) in [5.41, 5.74) is -0.352. The summed E-state index contributed by atoms with van der Waals surface area (Å²) in [5, 5.41) is 15.8. The van der Waals surface area contributed by atoms with Crippen LogP contribution in [0.25, 0.3) is 0 Å². The third kappa shape index (κ3) is 3.60. The van der Waals surface area contributed by atoms with Gasteiger partial charge in [0.2, 0.25) is 5.91 Å². The fourth-order valence-corrected chi connectivity index (χ4v) is 2.95. The normalized spacial score (nSPS) is 22.0. The van der Waals surface area contributed by atoms with E-state index in [9.17, 15) is 14.7 Å². The molecule has 21 heavy (non-hydrogen) atoms. The van der Waals surface area contributed by atoms with Crippen LogP contribution in [-0.4, -0.2) is 46.2 Å². The summed E-state index contributed by atoms with van der Waals surface area (Å²) in [6, 6.07) is 0.961. The van der Waals surface area contributed by atoms with E-state index in [1.54, 1.807) is 17.9 Å². The average Bonchev–Trinajstić information content (AvgIpc) is 2.72. The minimum atomic E-state index is -0.884. The Morgan fingerprint density at radius 2 is 2.29 bits per heavy atom. The number of hydrogen-bond donors (Lipinski definition) is 2. The number of hydrogen-bond acceptors (Lipinski definition) is 5. The van der Waals surface area contributed by atoms with E-state index in [0.29, 0.717) is 18.1 Å². The molecule has 1 aromatic heterocycles. The molecular formula is C14H21N3O4. The quantitative estimate of drug-likeness (QED) is 0.874. The fourth-order valence-electron chi connectivity index (χ4n) is 2.95. The van der Waals surface area contributed by atoms with Crippen molar-refractivity contribution in [2.75, 3.05) is 18.4 Å². The number of nitrogens with one attached hydrogen (secondary N) is 1. The number of aliphatic carboxylic acids is 1. The molecule has 2 heterocycles. The van der Waals surface area contributed by atoms with Crippen LogP contribution in [0.3, 0.4) is 0 Å². The number of carbonyl (C=O) groups excluding carboxylic acids is 1. The van der Waals surface area contributed by atoms with Crippen LogP contribution in [0.1, 0.15) is 32.4 Å². The highest BCUT2D eigenvalue weighted by molar-refractivity contribution is 5.91. The molecule has 1 aliphatic heterocycles. The SMILES string of the molecule is Cc1cc(NC(=O)CN2CCCC(C)(C)C2C(=O)O)no1.